The van der Waals surface area contributed by atoms with Crippen molar-refractivity contribution >= 4 is 23.4 Å². The molecule has 2 saturated heterocycles. The Morgan fingerprint density at radius 1 is 0.900 bits per heavy atom. The van der Waals surface area contributed by atoms with Gasteiger partial charge in [0.05, 0.1) is 5.56 Å². The minimum absolute atomic E-state index is 0.150. The van der Waals surface area contributed by atoms with Gasteiger partial charge in [0.25, 0.3) is 5.91 Å². The number of anilines is 2. The summed E-state index contributed by atoms with van der Waals surface area (Å²) >= 11 is 0. The van der Waals surface area contributed by atoms with Crippen LogP contribution in [0.4, 0.5) is 24.5 Å². The summed E-state index contributed by atoms with van der Waals surface area (Å²) in [5.74, 6) is -0.150. The van der Waals surface area contributed by atoms with Crippen molar-refractivity contribution in [3.05, 3.63) is 65.2 Å². The van der Waals surface area contributed by atoms with Gasteiger partial charge in [-0.1, -0.05) is 18.2 Å². The van der Waals surface area contributed by atoms with Crippen molar-refractivity contribution in [2.75, 3.05) is 49.6 Å². The van der Waals surface area contributed by atoms with E-state index in [0.29, 0.717) is 24.2 Å². The van der Waals surface area contributed by atoms with Crippen LogP contribution in [0.2, 0.25) is 0 Å². The van der Waals surface area contributed by atoms with Crippen molar-refractivity contribution in [3.63, 3.8) is 0 Å². The van der Waals surface area contributed by atoms with E-state index in [-0.39, 0.29) is 5.91 Å². The number of para-hydroxylation sites is 1. The summed E-state index contributed by atoms with van der Waals surface area (Å²) in [7, 11) is 2.11. The standard InChI is InChI=1S/C23H24F3N3O/c1-27-12-14-28(15-13-27)21-5-3-2-4-17(21)16-18-10-11-29(22(18)30)20-8-6-19(7-9-20)23(24,25)26/h2-9,16H,10-15H2,1H3. The lowest BCUT2D eigenvalue weighted by Gasteiger charge is -2.35. The zero-order chi connectivity index (χ0) is 21.3. The third-order valence-corrected chi connectivity index (χ3v) is 5.74. The lowest BCUT2D eigenvalue weighted by molar-refractivity contribution is -0.137. The lowest BCUT2D eigenvalue weighted by atomic mass is 10.1. The molecule has 4 rings (SSSR count). The molecule has 0 aliphatic carbocycles. The molecule has 2 aliphatic heterocycles. The third kappa shape index (κ3) is 4.21. The Hall–Kier alpha value is -2.80. The number of piperazine rings is 1. The van der Waals surface area contributed by atoms with Crippen LogP contribution in [0.15, 0.2) is 54.1 Å². The second-order valence-electron chi connectivity index (χ2n) is 7.77. The maximum absolute atomic E-state index is 12.9. The Labute approximate surface area is 174 Å². The van der Waals surface area contributed by atoms with Gasteiger partial charge in [0.2, 0.25) is 0 Å². The minimum atomic E-state index is -4.38. The second-order valence-corrected chi connectivity index (χ2v) is 7.77. The number of amides is 1. The quantitative estimate of drug-likeness (QED) is 0.701. The molecule has 2 fully saturated rings. The average Bonchev–Trinajstić information content (AvgIpc) is 3.09. The molecule has 0 atom stereocenters. The molecule has 158 valence electrons. The predicted octanol–water partition coefficient (Wildman–Crippen LogP) is 4.28. The summed E-state index contributed by atoms with van der Waals surface area (Å²) in [6, 6.07) is 12.8. The minimum Gasteiger partial charge on any atom is -0.368 e. The Kier molecular flexibility index (Phi) is 5.56. The van der Waals surface area contributed by atoms with Gasteiger partial charge in [0, 0.05) is 49.7 Å². The van der Waals surface area contributed by atoms with Crippen LogP contribution in [0.25, 0.3) is 6.08 Å². The molecule has 2 heterocycles. The molecular formula is C23H24F3N3O. The van der Waals surface area contributed by atoms with Crippen LogP contribution in [-0.2, 0) is 11.0 Å². The maximum Gasteiger partial charge on any atom is 0.416 e. The van der Waals surface area contributed by atoms with E-state index in [1.165, 1.54) is 12.1 Å². The van der Waals surface area contributed by atoms with Gasteiger partial charge in [0.1, 0.15) is 0 Å². The number of alkyl halides is 3. The van der Waals surface area contributed by atoms with E-state index in [1.807, 2.05) is 24.3 Å². The van der Waals surface area contributed by atoms with Crippen LogP contribution in [0.3, 0.4) is 0 Å². The van der Waals surface area contributed by atoms with E-state index in [9.17, 15) is 18.0 Å². The molecule has 30 heavy (non-hydrogen) atoms. The molecule has 2 aliphatic rings. The van der Waals surface area contributed by atoms with E-state index in [1.54, 1.807) is 4.90 Å². The summed E-state index contributed by atoms with van der Waals surface area (Å²) in [6.45, 7) is 4.31. The van der Waals surface area contributed by atoms with Crippen molar-refractivity contribution in [2.45, 2.75) is 12.6 Å². The fourth-order valence-electron chi connectivity index (χ4n) is 3.96. The molecule has 0 saturated carbocycles. The molecular weight excluding hydrogens is 391 g/mol. The molecule has 4 nitrogen and oxygen atoms in total. The van der Waals surface area contributed by atoms with E-state index in [4.69, 9.17) is 0 Å². The van der Waals surface area contributed by atoms with Crippen LogP contribution in [0, 0.1) is 0 Å². The highest BCUT2D eigenvalue weighted by Crippen LogP contribution is 2.33. The zero-order valence-corrected chi connectivity index (χ0v) is 16.8. The molecule has 0 radical (unpaired) electrons. The van der Waals surface area contributed by atoms with Gasteiger partial charge >= 0.3 is 6.18 Å². The van der Waals surface area contributed by atoms with E-state index in [0.717, 1.165) is 49.6 Å². The number of likely N-dealkylation sites (N-methyl/N-ethyl adjacent to an activating group) is 1. The Morgan fingerprint density at radius 2 is 1.57 bits per heavy atom. The molecule has 0 spiro atoms. The van der Waals surface area contributed by atoms with Crippen LogP contribution >= 0.6 is 0 Å². The molecule has 2 aromatic rings. The van der Waals surface area contributed by atoms with Crippen LogP contribution in [0.1, 0.15) is 17.5 Å². The van der Waals surface area contributed by atoms with Gasteiger partial charge in [-0.05, 0) is 55.4 Å². The highest BCUT2D eigenvalue weighted by atomic mass is 19.4. The Bertz CT molecular complexity index is 945. The number of nitrogens with zero attached hydrogens (tertiary/aromatic N) is 3. The first-order chi connectivity index (χ1) is 14.3. The van der Waals surface area contributed by atoms with Gasteiger partial charge in [0.15, 0.2) is 0 Å². The van der Waals surface area contributed by atoms with Gasteiger partial charge in [-0.2, -0.15) is 13.2 Å². The first-order valence-electron chi connectivity index (χ1n) is 10.0. The van der Waals surface area contributed by atoms with E-state index >= 15 is 0 Å². The van der Waals surface area contributed by atoms with Crippen molar-refractivity contribution in [1.29, 1.82) is 0 Å². The predicted molar refractivity (Wildman–Crippen MR) is 113 cm³/mol. The fraction of sp³-hybridized carbons (Fsp3) is 0.348. The van der Waals surface area contributed by atoms with Crippen molar-refractivity contribution in [1.82, 2.24) is 4.90 Å². The van der Waals surface area contributed by atoms with Crippen molar-refractivity contribution in [3.8, 4) is 0 Å². The Balaban J connectivity index is 1.54. The zero-order valence-electron chi connectivity index (χ0n) is 16.8. The molecule has 0 N–H and O–H groups in total. The normalized spacial score (nSPS) is 19.7. The summed E-state index contributed by atoms with van der Waals surface area (Å²) in [4.78, 5) is 19.1. The number of hydrogen-bond donors (Lipinski definition) is 0. The number of hydrogen-bond acceptors (Lipinski definition) is 3. The molecule has 1 amide bonds. The van der Waals surface area contributed by atoms with Crippen molar-refractivity contribution < 1.29 is 18.0 Å². The number of carbonyl (C=O) groups excluding carboxylic acids is 1. The number of carbonyl (C=O) groups is 1. The SMILES string of the molecule is CN1CCN(c2ccccc2C=C2CCN(c3ccc(C(F)(F)F)cc3)C2=O)CC1. The van der Waals surface area contributed by atoms with Crippen LogP contribution in [-0.4, -0.2) is 50.6 Å². The van der Waals surface area contributed by atoms with Crippen LogP contribution in [0.5, 0.6) is 0 Å². The van der Waals surface area contributed by atoms with Gasteiger partial charge < -0.3 is 14.7 Å². The fourth-order valence-corrected chi connectivity index (χ4v) is 3.96. The smallest absolute Gasteiger partial charge is 0.368 e. The number of rotatable bonds is 3. The van der Waals surface area contributed by atoms with Crippen LogP contribution < -0.4 is 9.80 Å². The molecule has 0 bridgehead atoms. The Morgan fingerprint density at radius 3 is 2.23 bits per heavy atom. The maximum atomic E-state index is 12.9. The molecule has 7 heteroatoms. The third-order valence-electron chi connectivity index (χ3n) is 5.74. The van der Waals surface area contributed by atoms with Gasteiger partial charge in [-0.25, -0.2) is 0 Å². The largest absolute Gasteiger partial charge is 0.416 e. The molecule has 0 unspecified atom stereocenters. The summed E-state index contributed by atoms with van der Waals surface area (Å²) < 4.78 is 38.4. The second kappa shape index (κ2) is 8.14. The summed E-state index contributed by atoms with van der Waals surface area (Å²) in [6.07, 6.45) is -1.89. The van der Waals surface area contributed by atoms with E-state index in [2.05, 4.69) is 22.9 Å². The first-order valence-corrected chi connectivity index (χ1v) is 10.0. The topological polar surface area (TPSA) is 26.8 Å². The van der Waals surface area contributed by atoms with Gasteiger partial charge in [-0.15, -0.1) is 0 Å². The first kappa shape index (κ1) is 20.5. The van der Waals surface area contributed by atoms with Crippen molar-refractivity contribution in [2.24, 2.45) is 0 Å². The highest BCUT2D eigenvalue weighted by molar-refractivity contribution is 6.11. The van der Waals surface area contributed by atoms with E-state index < -0.39 is 11.7 Å². The summed E-state index contributed by atoms with van der Waals surface area (Å²) in [5, 5.41) is 0. The summed E-state index contributed by atoms with van der Waals surface area (Å²) in [5.41, 5.74) is 2.56. The average molecular weight is 415 g/mol. The number of halogens is 3. The van der Waals surface area contributed by atoms with Gasteiger partial charge in [-0.3, -0.25) is 4.79 Å². The monoisotopic (exact) mass is 415 g/mol. The number of benzene rings is 2. The molecule has 2 aromatic carbocycles. The molecule has 0 aromatic heterocycles. The lowest BCUT2D eigenvalue weighted by Crippen LogP contribution is -2.44. The highest BCUT2D eigenvalue weighted by Gasteiger charge is 2.32.